The number of alkyl halides is 1. The highest BCUT2D eigenvalue weighted by atomic mass is 79.9. The average molecular weight is 273 g/mol. The van der Waals surface area contributed by atoms with Crippen molar-refractivity contribution in [3.05, 3.63) is 35.4 Å². The van der Waals surface area contributed by atoms with E-state index >= 15 is 0 Å². The Balaban J connectivity index is 2.80. The monoisotopic (exact) mass is 272 g/mol. The summed E-state index contributed by atoms with van der Waals surface area (Å²) in [4.78, 5) is 22.3. The van der Waals surface area contributed by atoms with Gasteiger partial charge in [-0.2, -0.15) is 0 Å². The van der Waals surface area contributed by atoms with E-state index in [9.17, 15) is 9.59 Å². The number of benzene rings is 1. The van der Waals surface area contributed by atoms with E-state index in [1.54, 1.807) is 0 Å². The van der Waals surface area contributed by atoms with Crippen LogP contribution in [-0.4, -0.2) is 24.6 Å². The molecule has 0 unspecified atom stereocenters. The molecular formula is C10H9BrO4. The summed E-state index contributed by atoms with van der Waals surface area (Å²) in [5, 5.41) is 0. The first-order chi connectivity index (χ1) is 7.19. The van der Waals surface area contributed by atoms with E-state index in [0.717, 1.165) is 0 Å². The molecule has 0 heterocycles. The number of rotatable bonds is 3. The number of esters is 2. The molecule has 1 rings (SSSR count). The number of methoxy groups -OCH3 is 1. The molecule has 0 aliphatic heterocycles. The molecule has 80 valence electrons. The fourth-order valence-corrected chi connectivity index (χ4v) is 1.20. The van der Waals surface area contributed by atoms with Crippen molar-refractivity contribution in [1.29, 1.82) is 0 Å². The predicted molar refractivity (Wildman–Crippen MR) is 57.0 cm³/mol. The van der Waals surface area contributed by atoms with Crippen molar-refractivity contribution in [2.45, 2.75) is 0 Å². The number of hydrogen-bond donors (Lipinski definition) is 0. The lowest BCUT2D eigenvalue weighted by Crippen LogP contribution is -2.05. The normalized spacial score (nSPS) is 9.47. The third-order valence-corrected chi connectivity index (χ3v) is 1.96. The molecule has 0 spiro atoms. The molecule has 0 aliphatic rings. The largest absolute Gasteiger partial charge is 0.465 e. The van der Waals surface area contributed by atoms with Crippen LogP contribution < -0.4 is 0 Å². The summed E-state index contributed by atoms with van der Waals surface area (Å²) in [6.45, 7) is 0. The fraction of sp³-hybridized carbons (Fsp3) is 0.200. The van der Waals surface area contributed by atoms with Crippen LogP contribution in [0.25, 0.3) is 0 Å². The van der Waals surface area contributed by atoms with E-state index in [4.69, 9.17) is 4.74 Å². The SMILES string of the molecule is COC(=O)c1ccc(C(=O)OCBr)cc1. The van der Waals surface area contributed by atoms with Gasteiger partial charge in [-0.15, -0.1) is 0 Å². The molecule has 0 N–H and O–H groups in total. The van der Waals surface area contributed by atoms with Gasteiger partial charge in [0.25, 0.3) is 0 Å². The van der Waals surface area contributed by atoms with Crippen molar-refractivity contribution in [3.63, 3.8) is 0 Å². The average Bonchev–Trinajstić information content (AvgIpc) is 2.28. The molecule has 0 aromatic heterocycles. The van der Waals surface area contributed by atoms with Gasteiger partial charge >= 0.3 is 11.9 Å². The van der Waals surface area contributed by atoms with Gasteiger partial charge in [-0.3, -0.25) is 0 Å². The zero-order chi connectivity index (χ0) is 11.3. The lowest BCUT2D eigenvalue weighted by Gasteiger charge is -2.02. The number of carbonyl (C=O) groups is 2. The second kappa shape index (κ2) is 5.50. The summed E-state index contributed by atoms with van der Waals surface area (Å²) in [5.74, 6) is -0.876. The van der Waals surface area contributed by atoms with Crippen LogP contribution >= 0.6 is 15.9 Å². The Hall–Kier alpha value is -1.36. The Morgan fingerprint density at radius 1 is 1.13 bits per heavy atom. The molecule has 0 fully saturated rings. The maximum Gasteiger partial charge on any atom is 0.338 e. The minimum absolute atomic E-state index is 0.143. The zero-order valence-electron chi connectivity index (χ0n) is 8.03. The fourth-order valence-electron chi connectivity index (χ4n) is 0.993. The van der Waals surface area contributed by atoms with Gasteiger partial charge in [-0.25, -0.2) is 9.59 Å². The highest BCUT2D eigenvalue weighted by molar-refractivity contribution is 9.09. The summed E-state index contributed by atoms with van der Waals surface area (Å²) in [5.41, 5.74) is 0.930. The van der Waals surface area contributed by atoms with Gasteiger partial charge in [-0.05, 0) is 40.2 Å². The van der Waals surface area contributed by atoms with E-state index in [1.165, 1.54) is 31.4 Å². The van der Waals surface area contributed by atoms with Gasteiger partial charge in [0, 0.05) is 0 Å². The van der Waals surface area contributed by atoms with Gasteiger partial charge in [-0.1, -0.05) is 0 Å². The van der Waals surface area contributed by atoms with E-state index in [-0.39, 0.29) is 5.52 Å². The minimum Gasteiger partial charge on any atom is -0.465 e. The molecule has 0 saturated carbocycles. The number of ether oxygens (including phenoxy) is 2. The van der Waals surface area contributed by atoms with Crippen molar-refractivity contribution in [2.75, 3.05) is 12.6 Å². The van der Waals surface area contributed by atoms with Gasteiger partial charge in [0.2, 0.25) is 0 Å². The second-order valence-corrected chi connectivity index (χ2v) is 3.07. The molecule has 0 atom stereocenters. The van der Waals surface area contributed by atoms with Crippen molar-refractivity contribution in [2.24, 2.45) is 0 Å². The molecule has 1 aromatic carbocycles. The van der Waals surface area contributed by atoms with Crippen LogP contribution in [0, 0.1) is 0 Å². The number of carbonyl (C=O) groups excluding carboxylic acids is 2. The van der Waals surface area contributed by atoms with Crippen LogP contribution in [-0.2, 0) is 9.47 Å². The van der Waals surface area contributed by atoms with Crippen LogP contribution in [0.15, 0.2) is 24.3 Å². The predicted octanol–water partition coefficient (Wildman–Crippen LogP) is 1.98. The minimum atomic E-state index is -0.441. The van der Waals surface area contributed by atoms with Crippen molar-refractivity contribution in [1.82, 2.24) is 0 Å². The number of hydrogen-bond acceptors (Lipinski definition) is 4. The Kier molecular flexibility index (Phi) is 4.30. The topological polar surface area (TPSA) is 52.6 Å². The highest BCUT2D eigenvalue weighted by Gasteiger charge is 2.09. The number of halogens is 1. The molecule has 1 aromatic rings. The maximum atomic E-state index is 11.2. The maximum absolute atomic E-state index is 11.2. The molecular weight excluding hydrogens is 264 g/mol. The van der Waals surface area contributed by atoms with Gasteiger partial charge in [0.15, 0.2) is 0 Å². The molecule has 0 amide bonds. The third-order valence-electron chi connectivity index (χ3n) is 1.73. The Labute approximate surface area is 95.3 Å². The van der Waals surface area contributed by atoms with E-state index in [2.05, 4.69) is 20.7 Å². The Morgan fingerprint density at radius 3 is 2.00 bits per heavy atom. The Morgan fingerprint density at radius 2 is 1.60 bits per heavy atom. The first kappa shape index (κ1) is 11.7. The smallest absolute Gasteiger partial charge is 0.338 e. The summed E-state index contributed by atoms with van der Waals surface area (Å²) in [6.07, 6.45) is 0. The van der Waals surface area contributed by atoms with Crippen LogP contribution in [0.3, 0.4) is 0 Å². The van der Waals surface area contributed by atoms with Gasteiger partial charge < -0.3 is 9.47 Å². The van der Waals surface area contributed by atoms with Crippen LogP contribution in [0.4, 0.5) is 0 Å². The van der Waals surface area contributed by atoms with Crippen LogP contribution in [0.2, 0.25) is 0 Å². The standard InChI is InChI=1S/C10H9BrO4/c1-14-9(12)7-2-4-8(5-3-7)10(13)15-6-11/h2-5H,6H2,1H3. The summed E-state index contributed by atoms with van der Waals surface area (Å²) >= 11 is 2.98. The van der Waals surface area contributed by atoms with E-state index in [0.29, 0.717) is 11.1 Å². The third kappa shape index (κ3) is 3.06. The van der Waals surface area contributed by atoms with Crippen LogP contribution in [0.5, 0.6) is 0 Å². The molecule has 0 radical (unpaired) electrons. The Bertz CT molecular complexity index is 358. The summed E-state index contributed by atoms with van der Waals surface area (Å²) in [7, 11) is 1.30. The lowest BCUT2D eigenvalue weighted by molar-refractivity contribution is 0.0576. The first-order valence-electron chi connectivity index (χ1n) is 4.10. The lowest BCUT2D eigenvalue weighted by atomic mass is 10.1. The molecule has 15 heavy (non-hydrogen) atoms. The zero-order valence-corrected chi connectivity index (χ0v) is 9.61. The second-order valence-electron chi connectivity index (χ2n) is 2.61. The molecule has 0 bridgehead atoms. The van der Waals surface area contributed by atoms with Crippen LogP contribution in [0.1, 0.15) is 20.7 Å². The molecule has 4 nitrogen and oxygen atoms in total. The molecule has 0 saturated heterocycles. The van der Waals surface area contributed by atoms with Crippen molar-refractivity contribution in [3.8, 4) is 0 Å². The van der Waals surface area contributed by atoms with E-state index in [1.807, 2.05) is 0 Å². The van der Waals surface area contributed by atoms with Crippen molar-refractivity contribution >= 4 is 27.9 Å². The van der Waals surface area contributed by atoms with Gasteiger partial charge in [0.05, 0.1) is 18.2 Å². The first-order valence-corrected chi connectivity index (χ1v) is 5.22. The van der Waals surface area contributed by atoms with Crippen molar-refractivity contribution < 1.29 is 19.1 Å². The molecule has 5 heteroatoms. The summed E-state index contributed by atoms with van der Waals surface area (Å²) in [6, 6.07) is 6.04. The quantitative estimate of drug-likeness (QED) is 0.624. The van der Waals surface area contributed by atoms with Gasteiger partial charge in [0.1, 0.15) is 5.52 Å². The van der Waals surface area contributed by atoms with E-state index < -0.39 is 11.9 Å². The highest BCUT2D eigenvalue weighted by Crippen LogP contribution is 2.07. The molecule has 0 aliphatic carbocycles. The summed E-state index contributed by atoms with van der Waals surface area (Å²) < 4.78 is 9.24.